The molecule has 2 aliphatic rings. The fourth-order valence-corrected chi connectivity index (χ4v) is 3.06. The predicted molar refractivity (Wildman–Crippen MR) is 75.0 cm³/mol. The summed E-state index contributed by atoms with van der Waals surface area (Å²) in [5, 5.41) is 8.11. The second kappa shape index (κ2) is 5.59. The lowest BCUT2D eigenvalue weighted by molar-refractivity contribution is 0.300. The third kappa shape index (κ3) is 2.71. The lowest BCUT2D eigenvalue weighted by Gasteiger charge is -2.15. The molecule has 2 saturated heterocycles. The van der Waals surface area contributed by atoms with E-state index < -0.39 is 0 Å². The van der Waals surface area contributed by atoms with Crippen LogP contribution in [0.4, 0.5) is 0 Å². The Kier molecular flexibility index (Phi) is 4.30. The van der Waals surface area contributed by atoms with E-state index in [1.165, 1.54) is 31.9 Å². The van der Waals surface area contributed by atoms with E-state index >= 15 is 0 Å². The highest BCUT2D eigenvalue weighted by atomic mass is 35.5. The Morgan fingerprint density at radius 2 is 2.00 bits per heavy atom. The molecular weight excluding hydrogens is 248 g/mol. The van der Waals surface area contributed by atoms with Crippen LogP contribution < -0.4 is 5.32 Å². The normalized spacial score (nSPS) is 27.5. The van der Waals surface area contributed by atoms with Crippen molar-refractivity contribution in [2.45, 2.75) is 26.4 Å². The van der Waals surface area contributed by atoms with Gasteiger partial charge in [-0.15, -0.1) is 12.4 Å². The number of likely N-dealkylation sites (tertiary alicyclic amines) is 1. The Balaban J connectivity index is 0.00000120. The van der Waals surface area contributed by atoms with Crippen LogP contribution in [0, 0.1) is 11.8 Å². The van der Waals surface area contributed by atoms with Gasteiger partial charge in [-0.3, -0.25) is 9.58 Å². The maximum Gasteiger partial charge on any atom is 0.0764 e. The summed E-state index contributed by atoms with van der Waals surface area (Å²) >= 11 is 0. The monoisotopic (exact) mass is 270 g/mol. The van der Waals surface area contributed by atoms with Crippen molar-refractivity contribution in [3.8, 4) is 0 Å². The van der Waals surface area contributed by atoms with E-state index in [2.05, 4.69) is 41.4 Å². The zero-order chi connectivity index (χ0) is 11.8. The molecule has 1 aromatic rings. The molecule has 0 amide bonds. The zero-order valence-electron chi connectivity index (χ0n) is 11.2. The SMILES string of the molecule is CC(C)n1ccc(CN2C[C@H]3CNC[C@H]3C2)n1.Cl. The summed E-state index contributed by atoms with van der Waals surface area (Å²) in [6.45, 7) is 10.3. The Labute approximate surface area is 115 Å². The van der Waals surface area contributed by atoms with Crippen molar-refractivity contribution in [1.82, 2.24) is 20.0 Å². The minimum Gasteiger partial charge on any atom is -0.316 e. The van der Waals surface area contributed by atoms with Crippen LogP contribution in [-0.4, -0.2) is 40.9 Å². The number of rotatable bonds is 3. The molecule has 0 radical (unpaired) electrons. The van der Waals surface area contributed by atoms with Crippen molar-refractivity contribution in [1.29, 1.82) is 0 Å². The van der Waals surface area contributed by atoms with Gasteiger partial charge in [-0.05, 0) is 44.8 Å². The van der Waals surface area contributed by atoms with Crippen LogP contribution in [0.25, 0.3) is 0 Å². The highest BCUT2D eigenvalue weighted by Crippen LogP contribution is 2.27. The molecule has 4 nitrogen and oxygen atoms in total. The largest absolute Gasteiger partial charge is 0.316 e. The first-order chi connectivity index (χ1) is 8.22. The van der Waals surface area contributed by atoms with E-state index in [1.807, 2.05) is 4.68 Å². The van der Waals surface area contributed by atoms with Gasteiger partial charge < -0.3 is 5.32 Å². The molecule has 0 bridgehead atoms. The minimum absolute atomic E-state index is 0. The lowest BCUT2D eigenvalue weighted by atomic mass is 10.0. The molecule has 0 spiro atoms. The van der Waals surface area contributed by atoms with Gasteiger partial charge in [-0.1, -0.05) is 0 Å². The molecule has 0 unspecified atom stereocenters. The van der Waals surface area contributed by atoms with Gasteiger partial charge in [-0.2, -0.15) is 5.10 Å². The number of halogens is 1. The second-order valence-electron chi connectivity index (χ2n) is 5.75. The topological polar surface area (TPSA) is 33.1 Å². The van der Waals surface area contributed by atoms with Gasteiger partial charge >= 0.3 is 0 Å². The van der Waals surface area contributed by atoms with E-state index in [4.69, 9.17) is 0 Å². The molecule has 5 heteroatoms. The van der Waals surface area contributed by atoms with Gasteiger partial charge in [0.05, 0.1) is 5.69 Å². The summed E-state index contributed by atoms with van der Waals surface area (Å²) in [6.07, 6.45) is 2.10. The third-order valence-electron chi connectivity index (χ3n) is 4.04. The molecule has 3 rings (SSSR count). The van der Waals surface area contributed by atoms with Gasteiger partial charge in [0, 0.05) is 31.9 Å². The predicted octanol–water partition coefficient (Wildman–Crippen LogP) is 1.54. The van der Waals surface area contributed by atoms with Crippen LogP contribution in [0.2, 0.25) is 0 Å². The highest BCUT2D eigenvalue weighted by molar-refractivity contribution is 5.85. The third-order valence-corrected chi connectivity index (χ3v) is 4.04. The van der Waals surface area contributed by atoms with Crippen LogP contribution >= 0.6 is 12.4 Å². The average molecular weight is 271 g/mol. The molecule has 2 atom stereocenters. The van der Waals surface area contributed by atoms with E-state index in [0.29, 0.717) is 6.04 Å². The first-order valence-corrected chi connectivity index (χ1v) is 6.69. The first kappa shape index (κ1) is 13.8. The number of hydrogen-bond donors (Lipinski definition) is 1. The van der Waals surface area contributed by atoms with Crippen LogP contribution in [0.15, 0.2) is 12.3 Å². The summed E-state index contributed by atoms with van der Waals surface area (Å²) < 4.78 is 2.05. The number of nitrogens with one attached hydrogen (secondary N) is 1. The van der Waals surface area contributed by atoms with Crippen LogP contribution in [0.3, 0.4) is 0 Å². The Morgan fingerprint density at radius 1 is 1.33 bits per heavy atom. The summed E-state index contributed by atoms with van der Waals surface area (Å²) in [5.74, 6) is 1.75. The van der Waals surface area contributed by atoms with Gasteiger partial charge in [0.1, 0.15) is 0 Å². The van der Waals surface area contributed by atoms with Crippen molar-refractivity contribution in [3.63, 3.8) is 0 Å². The molecule has 0 saturated carbocycles. The molecule has 0 aliphatic carbocycles. The van der Waals surface area contributed by atoms with Gasteiger partial charge in [0.2, 0.25) is 0 Å². The lowest BCUT2D eigenvalue weighted by Crippen LogP contribution is -2.25. The van der Waals surface area contributed by atoms with E-state index in [1.54, 1.807) is 0 Å². The van der Waals surface area contributed by atoms with Gasteiger partial charge in [0.25, 0.3) is 0 Å². The van der Waals surface area contributed by atoms with Crippen LogP contribution in [0.5, 0.6) is 0 Å². The van der Waals surface area contributed by atoms with Gasteiger partial charge in [0.15, 0.2) is 0 Å². The van der Waals surface area contributed by atoms with Crippen LogP contribution in [0.1, 0.15) is 25.6 Å². The fraction of sp³-hybridized carbons (Fsp3) is 0.769. The van der Waals surface area contributed by atoms with Crippen LogP contribution in [-0.2, 0) is 6.54 Å². The summed E-state index contributed by atoms with van der Waals surface area (Å²) in [5.41, 5.74) is 1.21. The number of nitrogens with zero attached hydrogens (tertiary/aromatic N) is 3. The maximum absolute atomic E-state index is 4.63. The smallest absolute Gasteiger partial charge is 0.0764 e. The van der Waals surface area contributed by atoms with Gasteiger partial charge in [-0.25, -0.2) is 0 Å². The standard InChI is InChI=1S/C13H22N4.ClH/c1-10(2)17-4-3-13(15-17)9-16-7-11-5-14-6-12(11)8-16;/h3-4,10-12,14H,5-9H2,1-2H3;1H/t11-,12+;. The minimum atomic E-state index is 0. The quantitative estimate of drug-likeness (QED) is 0.905. The molecule has 102 valence electrons. The Hall–Kier alpha value is -0.580. The highest BCUT2D eigenvalue weighted by Gasteiger charge is 2.35. The molecule has 18 heavy (non-hydrogen) atoms. The number of fused-ring (bicyclic) bond motifs is 1. The summed E-state index contributed by atoms with van der Waals surface area (Å²) in [4.78, 5) is 2.56. The molecule has 2 fully saturated rings. The summed E-state index contributed by atoms with van der Waals surface area (Å²) in [7, 11) is 0. The van der Waals surface area contributed by atoms with Crippen molar-refractivity contribution in [3.05, 3.63) is 18.0 Å². The first-order valence-electron chi connectivity index (χ1n) is 6.69. The summed E-state index contributed by atoms with van der Waals surface area (Å²) in [6, 6.07) is 2.62. The molecule has 1 N–H and O–H groups in total. The fourth-order valence-electron chi connectivity index (χ4n) is 3.06. The maximum atomic E-state index is 4.63. The van der Waals surface area contributed by atoms with Crippen molar-refractivity contribution in [2.24, 2.45) is 11.8 Å². The van der Waals surface area contributed by atoms with Crippen molar-refractivity contribution >= 4 is 12.4 Å². The Bertz CT molecular complexity index is 378. The number of aromatic nitrogens is 2. The molecule has 1 aromatic heterocycles. The van der Waals surface area contributed by atoms with Crippen molar-refractivity contribution in [2.75, 3.05) is 26.2 Å². The molecule has 3 heterocycles. The van der Waals surface area contributed by atoms with E-state index in [9.17, 15) is 0 Å². The van der Waals surface area contributed by atoms with E-state index in [-0.39, 0.29) is 12.4 Å². The van der Waals surface area contributed by atoms with Crippen molar-refractivity contribution < 1.29 is 0 Å². The number of hydrogen-bond acceptors (Lipinski definition) is 3. The Morgan fingerprint density at radius 3 is 2.56 bits per heavy atom. The molecular formula is C13H23ClN4. The zero-order valence-corrected chi connectivity index (χ0v) is 12.0. The molecule has 2 aliphatic heterocycles. The molecule has 0 aromatic carbocycles. The average Bonchev–Trinajstić information content (AvgIpc) is 2.91. The second-order valence-corrected chi connectivity index (χ2v) is 5.75. The van der Waals surface area contributed by atoms with E-state index in [0.717, 1.165) is 18.4 Å².